The van der Waals surface area contributed by atoms with Gasteiger partial charge in [-0.25, -0.2) is 8.42 Å². The first-order chi connectivity index (χ1) is 14.3. The van der Waals surface area contributed by atoms with Gasteiger partial charge in [-0.3, -0.25) is 4.79 Å². The van der Waals surface area contributed by atoms with E-state index in [1.165, 1.54) is 36.7 Å². The summed E-state index contributed by atoms with van der Waals surface area (Å²) in [4.78, 5) is 13.0. The second-order valence-electron chi connectivity index (χ2n) is 6.63. The molecule has 1 aliphatic heterocycles. The van der Waals surface area contributed by atoms with Crippen LogP contribution in [0.3, 0.4) is 0 Å². The van der Waals surface area contributed by atoms with Gasteiger partial charge in [0.25, 0.3) is 5.91 Å². The molecule has 3 rings (SSSR count). The summed E-state index contributed by atoms with van der Waals surface area (Å²) in [6.07, 6.45) is 0. The largest absolute Gasteiger partial charge is 0.496 e. The number of amides is 1. The highest BCUT2D eigenvalue weighted by atomic mass is 35.5. The van der Waals surface area contributed by atoms with Crippen molar-refractivity contribution in [2.45, 2.75) is 11.8 Å². The van der Waals surface area contributed by atoms with Crippen molar-refractivity contribution in [2.75, 3.05) is 45.8 Å². The summed E-state index contributed by atoms with van der Waals surface area (Å²) in [6.45, 7) is 2.98. The Balaban J connectivity index is 1.96. The van der Waals surface area contributed by atoms with Crippen molar-refractivity contribution in [1.29, 1.82) is 0 Å². The van der Waals surface area contributed by atoms with Crippen molar-refractivity contribution in [3.05, 3.63) is 46.5 Å². The molecule has 162 valence electrons. The maximum Gasteiger partial charge on any atom is 0.259 e. The Morgan fingerprint density at radius 1 is 1.10 bits per heavy atom. The number of ether oxygens (including phenoxy) is 3. The summed E-state index contributed by atoms with van der Waals surface area (Å²) < 4.78 is 43.1. The molecule has 0 atom stereocenters. The van der Waals surface area contributed by atoms with Gasteiger partial charge in [0.2, 0.25) is 10.0 Å². The molecular formula is C20H23ClN2O6S. The molecule has 1 heterocycles. The Kier molecular flexibility index (Phi) is 6.87. The lowest BCUT2D eigenvalue weighted by atomic mass is 10.1. The lowest BCUT2D eigenvalue weighted by Gasteiger charge is -2.26. The number of morpholine rings is 1. The molecule has 30 heavy (non-hydrogen) atoms. The Morgan fingerprint density at radius 2 is 1.77 bits per heavy atom. The monoisotopic (exact) mass is 454 g/mol. The van der Waals surface area contributed by atoms with E-state index in [2.05, 4.69) is 5.32 Å². The number of aryl methyl sites for hydroxylation is 1. The van der Waals surface area contributed by atoms with Crippen molar-refractivity contribution in [3.8, 4) is 11.5 Å². The van der Waals surface area contributed by atoms with E-state index >= 15 is 0 Å². The molecule has 0 radical (unpaired) electrons. The molecule has 0 aliphatic carbocycles. The van der Waals surface area contributed by atoms with Crippen LogP contribution in [0, 0.1) is 6.92 Å². The summed E-state index contributed by atoms with van der Waals surface area (Å²) in [5.41, 5.74) is 1.25. The maximum absolute atomic E-state index is 13.0. The van der Waals surface area contributed by atoms with Crippen LogP contribution in [0.25, 0.3) is 0 Å². The predicted molar refractivity (Wildman–Crippen MR) is 113 cm³/mol. The Hall–Kier alpha value is -2.33. The van der Waals surface area contributed by atoms with Crippen LogP contribution in [0.1, 0.15) is 15.9 Å². The zero-order valence-electron chi connectivity index (χ0n) is 16.9. The number of carbonyl (C=O) groups is 1. The van der Waals surface area contributed by atoms with Crippen LogP contribution in [-0.4, -0.2) is 59.2 Å². The van der Waals surface area contributed by atoms with Crippen molar-refractivity contribution < 1.29 is 27.4 Å². The van der Waals surface area contributed by atoms with Crippen molar-refractivity contribution in [2.24, 2.45) is 0 Å². The van der Waals surface area contributed by atoms with Crippen LogP contribution in [0.2, 0.25) is 5.02 Å². The zero-order chi connectivity index (χ0) is 21.9. The second kappa shape index (κ2) is 9.22. The molecular weight excluding hydrogens is 432 g/mol. The molecule has 8 nitrogen and oxygen atoms in total. The number of anilines is 1. The maximum atomic E-state index is 13.0. The third-order valence-electron chi connectivity index (χ3n) is 4.75. The van der Waals surface area contributed by atoms with Gasteiger partial charge in [-0.2, -0.15) is 4.31 Å². The number of benzene rings is 2. The van der Waals surface area contributed by atoms with Crippen LogP contribution in [0.15, 0.2) is 35.2 Å². The molecule has 0 aromatic heterocycles. The van der Waals surface area contributed by atoms with E-state index in [1.807, 2.05) is 0 Å². The molecule has 0 bridgehead atoms. The third-order valence-corrected chi connectivity index (χ3v) is 7.05. The average molecular weight is 455 g/mol. The molecule has 1 fully saturated rings. The van der Waals surface area contributed by atoms with E-state index in [0.717, 1.165) is 5.56 Å². The number of nitrogens with one attached hydrogen (secondary N) is 1. The number of carbonyl (C=O) groups excluding carboxylic acids is 1. The SMILES string of the molecule is COc1cc(Cl)c(C)cc1NC(=O)c1cc(S(=O)(=O)N2CCOCC2)ccc1OC. The summed E-state index contributed by atoms with van der Waals surface area (Å²) >= 11 is 6.12. The predicted octanol–water partition coefficient (Wildman–Crippen LogP) is 2.94. The van der Waals surface area contributed by atoms with E-state index in [-0.39, 0.29) is 29.3 Å². The highest BCUT2D eigenvalue weighted by molar-refractivity contribution is 7.89. The second-order valence-corrected chi connectivity index (χ2v) is 8.98. The number of sulfonamides is 1. The molecule has 2 aromatic rings. The van der Waals surface area contributed by atoms with Gasteiger partial charge in [-0.15, -0.1) is 0 Å². The number of halogens is 1. The first kappa shape index (κ1) is 22.4. The molecule has 0 unspecified atom stereocenters. The number of rotatable bonds is 6. The minimum absolute atomic E-state index is 0.00889. The molecule has 10 heteroatoms. The quantitative estimate of drug-likeness (QED) is 0.721. The molecule has 1 saturated heterocycles. The zero-order valence-corrected chi connectivity index (χ0v) is 18.5. The van der Waals surface area contributed by atoms with Crippen LogP contribution >= 0.6 is 11.6 Å². The molecule has 1 aliphatic rings. The third kappa shape index (κ3) is 4.54. The van der Waals surface area contributed by atoms with Gasteiger partial charge in [-0.05, 0) is 36.8 Å². The fraction of sp³-hybridized carbons (Fsp3) is 0.350. The summed E-state index contributed by atoms with van der Waals surface area (Å²) in [5, 5.41) is 3.25. The van der Waals surface area contributed by atoms with Gasteiger partial charge in [0.15, 0.2) is 0 Å². The summed E-state index contributed by atoms with van der Waals surface area (Å²) in [5.74, 6) is 0.0963. The lowest BCUT2D eigenvalue weighted by molar-refractivity contribution is 0.0730. The molecule has 2 aromatic carbocycles. The summed E-state index contributed by atoms with van der Waals surface area (Å²) in [7, 11) is -0.888. The minimum Gasteiger partial charge on any atom is -0.496 e. The van der Waals surface area contributed by atoms with Gasteiger partial charge in [0, 0.05) is 24.2 Å². The first-order valence-corrected chi connectivity index (χ1v) is 11.0. The Bertz CT molecular complexity index is 1050. The van der Waals surface area contributed by atoms with E-state index in [4.69, 9.17) is 25.8 Å². The van der Waals surface area contributed by atoms with E-state index in [0.29, 0.717) is 29.7 Å². The van der Waals surface area contributed by atoms with Crippen molar-refractivity contribution >= 4 is 33.2 Å². The number of nitrogens with zero attached hydrogens (tertiary/aromatic N) is 1. The lowest BCUT2D eigenvalue weighted by Crippen LogP contribution is -2.40. The van der Waals surface area contributed by atoms with Gasteiger partial charge in [0.1, 0.15) is 11.5 Å². The van der Waals surface area contributed by atoms with E-state index in [1.54, 1.807) is 19.1 Å². The van der Waals surface area contributed by atoms with Crippen LogP contribution in [0.4, 0.5) is 5.69 Å². The standard InChI is InChI=1S/C20H23ClN2O6S/c1-13-10-17(19(28-3)12-16(13)21)22-20(24)15-11-14(4-5-18(15)27-2)30(25,26)23-6-8-29-9-7-23/h4-5,10-12H,6-9H2,1-3H3,(H,22,24). The smallest absolute Gasteiger partial charge is 0.259 e. The molecule has 0 saturated carbocycles. The normalized spacial score (nSPS) is 14.9. The number of hydrogen-bond donors (Lipinski definition) is 1. The number of hydrogen-bond acceptors (Lipinski definition) is 6. The molecule has 1 amide bonds. The van der Waals surface area contributed by atoms with E-state index < -0.39 is 15.9 Å². The fourth-order valence-corrected chi connectivity index (χ4v) is 4.67. The number of methoxy groups -OCH3 is 2. The van der Waals surface area contributed by atoms with Crippen molar-refractivity contribution in [1.82, 2.24) is 4.31 Å². The fourth-order valence-electron chi connectivity index (χ4n) is 3.08. The van der Waals surface area contributed by atoms with Crippen LogP contribution in [0.5, 0.6) is 11.5 Å². The Labute approximate surface area is 180 Å². The highest BCUT2D eigenvalue weighted by Crippen LogP contribution is 2.32. The minimum atomic E-state index is -3.77. The highest BCUT2D eigenvalue weighted by Gasteiger charge is 2.28. The summed E-state index contributed by atoms with van der Waals surface area (Å²) in [6, 6.07) is 7.48. The van der Waals surface area contributed by atoms with Gasteiger partial charge < -0.3 is 19.5 Å². The average Bonchev–Trinajstić information content (AvgIpc) is 2.76. The molecule has 1 N–H and O–H groups in total. The van der Waals surface area contributed by atoms with Crippen LogP contribution < -0.4 is 14.8 Å². The van der Waals surface area contributed by atoms with Gasteiger partial charge >= 0.3 is 0 Å². The van der Waals surface area contributed by atoms with E-state index in [9.17, 15) is 13.2 Å². The van der Waals surface area contributed by atoms with Gasteiger partial charge in [0.05, 0.1) is 43.6 Å². The first-order valence-electron chi connectivity index (χ1n) is 9.19. The van der Waals surface area contributed by atoms with Crippen LogP contribution in [-0.2, 0) is 14.8 Å². The molecule has 0 spiro atoms. The topological polar surface area (TPSA) is 94.2 Å². The van der Waals surface area contributed by atoms with Gasteiger partial charge in [-0.1, -0.05) is 11.6 Å². The Morgan fingerprint density at radius 3 is 2.40 bits per heavy atom. The van der Waals surface area contributed by atoms with Crippen molar-refractivity contribution in [3.63, 3.8) is 0 Å².